The van der Waals surface area contributed by atoms with Gasteiger partial charge in [0, 0.05) is 28.5 Å². The topological polar surface area (TPSA) is 78.4 Å². The molecule has 0 fully saturated rings. The van der Waals surface area contributed by atoms with Gasteiger partial charge >= 0.3 is 5.63 Å². The fourth-order valence-electron chi connectivity index (χ4n) is 2.36. The fourth-order valence-corrected chi connectivity index (χ4v) is 3.00. The third kappa shape index (κ3) is 2.81. The average Bonchev–Trinajstić information content (AvgIpc) is 3.23. The maximum atomic E-state index is 11.5. The van der Waals surface area contributed by atoms with Crippen LogP contribution >= 0.6 is 11.3 Å². The highest BCUT2D eigenvalue weighted by molar-refractivity contribution is 7.08. The highest BCUT2D eigenvalue weighted by Crippen LogP contribution is 2.23. The van der Waals surface area contributed by atoms with Gasteiger partial charge in [0.1, 0.15) is 11.3 Å². The molecular formula is C17H12N2O4S. The molecule has 3 aromatic heterocycles. The quantitative estimate of drug-likeness (QED) is 0.526. The zero-order chi connectivity index (χ0) is 16.5. The minimum absolute atomic E-state index is 0.138. The summed E-state index contributed by atoms with van der Waals surface area (Å²) in [5.41, 5.74) is 1.89. The van der Waals surface area contributed by atoms with Gasteiger partial charge in [-0.1, -0.05) is 5.16 Å². The molecule has 0 aliphatic heterocycles. The molecule has 4 aromatic rings. The molecule has 0 bridgehead atoms. The normalized spacial score (nSPS) is 11.0. The average molecular weight is 340 g/mol. The number of aromatic nitrogens is 2. The van der Waals surface area contributed by atoms with Crippen molar-refractivity contribution in [1.29, 1.82) is 0 Å². The maximum Gasteiger partial charge on any atom is 0.336 e. The second-order valence-corrected chi connectivity index (χ2v) is 6.00. The molecule has 0 amide bonds. The standard InChI is InChI=1S/C17H12N2O4S/c1-10-6-16(20)22-14-7-12(2-3-13(10)14)21-8-15-18-17(19-23-15)11-4-5-24-9-11/h2-7,9H,8H2,1H3. The Kier molecular flexibility index (Phi) is 3.62. The lowest BCUT2D eigenvalue weighted by atomic mass is 10.1. The Morgan fingerprint density at radius 3 is 3.00 bits per heavy atom. The lowest BCUT2D eigenvalue weighted by molar-refractivity contribution is 0.243. The van der Waals surface area contributed by atoms with Crippen LogP contribution in [0.2, 0.25) is 0 Å². The van der Waals surface area contributed by atoms with Crippen LogP contribution in [0.4, 0.5) is 0 Å². The van der Waals surface area contributed by atoms with Crippen molar-refractivity contribution in [3.05, 3.63) is 63.0 Å². The highest BCUT2D eigenvalue weighted by atomic mass is 32.1. The highest BCUT2D eigenvalue weighted by Gasteiger charge is 2.10. The van der Waals surface area contributed by atoms with Gasteiger partial charge in [-0.05, 0) is 36.1 Å². The first kappa shape index (κ1) is 14.6. The predicted molar refractivity (Wildman–Crippen MR) is 89.2 cm³/mol. The van der Waals surface area contributed by atoms with Crippen LogP contribution in [0.5, 0.6) is 5.75 Å². The van der Waals surface area contributed by atoms with Gasteiger partial charge in [-0.25, -0.2) is 4.79 Å². The molecule has 0 atom stereocenters. The van der Waals surface area contributed by atoms with Crippen molar-refractivity contribution in [1.82, 2.24) is 10.1 Å². The van der Waals surface area contributed by atoms with Crippen LogP contribution in [0, 0.1) is 6.92 Å². The second kappa shape index (κ2) is 5.93. The van der Waals surface area contributed by atoms with Crippen LogP contribution in [0.1, 0.15) is 11.5 Å². The van der Waals surface area contributed by atoms with E-state index in [0.717, 1.165) is 16.5 Å². The first-order chi connectivity index (χ1) is 11.7. The molecule has 0 spiro atoms. The van der Waals surface area contributed by atoms with E-state index in [2.05, 4.69) is 10.1 Å². The molecular weight excluding hydrogens is 328 g/mol. The smallest absolute Gasteiger partial charge is 0.336 e. The third-order valence-electron chi connectivity index (χ3n) is 3.53. The van der Waals surface area contributed by atoms with Crippen LogP contribution in [-0.4, -0.2) is 10.1 Å². The Bertz CT molecular complexity index is 1050. The monoisotopic (exact) mass is 340 g/mol. The summed E-state index contributed by atoms with van der Waals surface area (Å²) in [6, 6.07) is 8.74. The Balaban J connectivity index is 1.54. The molecule has 3 heterocycles. The Morgan fingerprint density at radius 1 is 1.25 bits per heavy atom. The van der Waals surface area contributed by atoms with Crippen molar-refractivity contribution >= 4 is 22.3 Å². The van der Waals surface area contributed by atoms with E-state index >= 15 is 0 Å². The summed E-state index contributed by atoms with van der Waals surface area (Å²) in [6.07, 6.45) is 0. The van der Waals surface area contributed by atoms with E-state index in [0.29, 0.717) is 23.0 Å². The predicted octanol–water partition coefficient (Wildman–Crippen LogP) is 3.79. The van der Waals surface area contributed by atoms with Crippen molar-refractivity contribution in [2.24, 2.45) is 0 Å². The number of benzene rings is 1. The Labute approximate surface area is 140 Å². The zero-order valence-electron chi connectivity index (χ0n) is 12.7. The molecule has 0 radical (unpaired) electrons. The second-order valence-electron chi connectivity index (χ2n) is 5.22. The first-order valence-electron chi connectivity index (χ1n) is 7.21. The molecule has 0 aliphatic carbocycles. The minimum atomic E-state index is -0.380. The molecule has 120 valence electrons. The zero-order valence-corrected chi connectivity index (χ0v) is 13.5. The maximum absolute atomic E-state index is 11.5. The number of hydrogen-bond acceptors (Lipinski definition) is 7. The molecule has 0 saturated heterocycles. The van der Waals surface area contributed by atoms with E-state index in [-0.39, 0.29) is 12.2 Å². The molecule has 6 nitrogen and oxygen atoms in total. The summed E-state index contributed by atoms with van der Waals surface area (Å²) in [4.78, 5) is 15.8. The number of fused-ring (bicyclic) bond motifs is 1. The number of hydrogen-bond donors (Lipinski definition) is 0. The molecule has 1 aromatic carbocycles. The van der Waals surface area contributed by atoms with Crippen molar-refractivity contribution in [2.75, 3.05) is 0 Å². The van der Waals surface area contributed by atoms with Gasteiger partial charge in [-0.15, -0.1) is 0 Å². The molecule has 0 saturated carbocycles. The number of aryl methyl sites for hydroxylation is 1. The van der Waals surface area contributed by atoms with Crippen LogP contribution in [-0.2, 0) is 6.61 Å². The van der Waals surface area contributed by atoms with Crippen LogP contribution in [0.15, 0.2) is 54.8 Å². The molecule has 0 unspecified atom stereocenters. The molecule has 7 heteroatoms. The fraction of sp³-hybridized carbons (Fsp3) is 0.118. The van der Waals surface area contributed by atoms with Crippen molar-refractivity contribution < 1.29 is 13.7 Å². The number of rotatable bonds is 4. The Hall–Kier alpha value is -2.93. The number of thiophene rings is 1. The summed E-state index contributed by atoms with van der Waals surface area (Å²) < 4.78 is 16.0. The molecule has 4 rings (SSSR count). The summed E-state index contributed by atoms with van der Waals surface area (Å²) in [5, 5.41) is 8.70. The van der Waals surface area contributed by atoms with E-state index in [1.165, 1.54) is 6.07 Å². The van der Waals surface area contributed by atoms with Crippen molar-refractivity contribution in [3.63, 3.8) is 0 Å². The van der Waals surface area contributed by atoms with Gasteiger partial charge in [0.25, 0.3) is 5.89 Å². The van der Waals surface area contributed by atoms with Gasteiger partial charge in [-0.3, -0.25) is 0 Å². The van der Waals surface area contributed by atoms with Gasteiger partial charge in [0.15, 0.2) is 6.61 Å². The van der Waals surface area contributed by atoms with Gasteiger partial charge in [-0.2, -0.15) is 16.3 Å². The largest absolute Gasteiger partial charge is 0.484 e. The van der Waals surface area contributed by atoms with E-state index in [9.17, 15) is 4.79 Å². The van der Waals surface area contributed by atoms with Crippen LogP contribution in [0.25, 0.3) is 22.4 Å². The summed E-state index contributed by atoms with van der Waals surface area (Å²) in [5.74, 6) is 1.48. The lowest BCUT2D eigenvalue weighted by Gasteiger charge is -2.05. The van der Waals surface area contributed by atoms with Crippen LogP contribution < -0.4 is 10.4 Å². The number of nitrogens with zero attached hydrogens (tertiary/aromatic N) is 2. The van der Waals surface area contributed by atoms with E-state index in [4.69, 9.17) is 13.7 Å². The number of ether oxygens (including phenoxy) is 1. The van der Waals surface area contributed by atoms with E-state index < -0.39 is 0 Å². The van der Waals surface area contributed by atoms with E-state index in [1.54, 1.807) is 17.4 Å². The van der Waals surface area contributed by atoms with Gasteiger partial charge in [0.2, 0.25) is 5.82 Å². The molecule has 24 heavy (non-hydrogen) atoms. The third-order valence-corrected chi connectivity index (χ3v) is 4.22. The molecule has 0 aliphatic rings. The molecule has 0 N–H and O–H groups in total. The van der Waals surface area contributed by atoms with E-state index in [1.807, 2.05) is 35.9 Å². The van der Waals surface area contributed by atoms with Crippen molar-refractivity contribution in [3.8, 4) is 17.1 Å². The van der Waals surface area contributed by atoms with Gasteiger partial charge in [0.05, 0.1) is 0 Å². The summed E-state index contributed by atoms with van der Waals surface area (Å²) in [6.45, 7) is 2.00. The first-order valence-corrected chi connectivity index (χ1v) is 8.16. The minimum Gasteiger partial charge on any atom is -0.484 e. The lowest BCUT2D eigenvalue weighted by Crippen LogP contribution is -1.99. The SMILES string of the molecule is Cc1cc(=O)oc2cc(OCc3nc(-c4ccsc4)no3)ccc12. The summed E-state index contributed by atoms with van der Waals surface area (Å²) >= 11 is 1.57. The van der Waals surface area contributed by atoms with Crippen LogP contribution in [0.3, 0.4) is 0 Å². The van der Waals surface area contributed by atoms with Crippen molar-refractivity contribution in [2.45, 2.75) is 13.5 Å². The summed E-state index contributed by atoms with van der Waals surface area (Å²) in [7, 11) is 0. The van der Waals surface area contributed by atoms with Gasteiger partial charge < -0.3 is 13.7 Å². The Morgan fingerprint density at radius 2 is 2.17 bits per heavy atom.